The van der Waals surface area contributed by atoms with E-state index in [1.807, 2.05) is 30.5 Å². The number of fused-ring (bicyclic) bond motifs is 1. The van der Waals surface area contributed by atoms with Gasteiger partial charge in [-0.1, -0.05) is 12.1 Å². The quantitative estimate of drug-likeness (QED) is 0.691. The van der Waals surface area contributed by atoms with E-state index < -0.39 is 0 Å². The Labute approximate surface area is 97.6 Å². The maximum atomic E-state index is 11.6. The maximum absolute atomic E-state index is 11.6. The predicted octanol–water partition coefficient (Wildman–Crippen LogP) is 3.49. The fraction of sp³-hybridized carbons (Fsp3) is 0.273. The minimum atomic E-state index is 0.226. The molecule has 15 heavy (non-hydrogen) atoms. The van der Waals surface area contributed by atoms with Gasteiger partial charge < -0.3 is 0 Å². The summed E-state index contributed by atoms with van der Waals surface area (Å²) in [4.78, 5) is 17.1. The van der Waals surface area contributed by atoms with Gasteiger partial charge in [-0.3, -0.25) is 4.79 Å². The first-order valence-electron chi connectivity index (χ1n) is 4.71. The normalized spacial score (nSPS) is 16.3. The van der Waals surface area contributed by atoms with Gasteiger partial charge in [-0.15, -0.1) is 11.8 Å². The molecule has 78 valence electrons. The Bertz CT molecular complexity index is 415. The van der Waals surface area contributed by atoms with Crippen molar-refractivity contribution in [2.75, 3.05) is 6.26 Å². The van der Waals surface area contributed by atoms with E-state index in [1.54, 1.807) is 11.8 Å². The Morgan fingerprint density at radius 3 is 2.93 bits per heavy atom. The van der Waals surface area contributed by atoms with Crippen LogP contribution in [0.3, 0.4) is 0 Å². The molecule has 0 bridgehead atoms. The molecular weight excluding hydrogens is 226 g/mol. The lowest BCUT2D eigenvalue weighted by atomic mass is 10.3. The molecule has 0 unspecified atom stereocenters. The Morgan fingerprint density at radius 1 is 1.33 bits per heavy atom. The summed E-state index contributed by atoms with van der Waals surface area (Å²) < 4.78 is 0. The van der Waals surface area contributed by atoms with E-state index in [0.29, 0.717) is 6.42 Å². The fourth-order valence-electron chi connectivity index (χ4n) is 1.36. The third-order valence-corrected chi connectivity index (χ3v) is 3.88. The van der Waals surface area contributed by atoms with E-state index in [9.17, 15) is 4.79 Å². The lowest BCUT2D eigenvalue weighted by Gasteiger charge is -2.10. The Morgan fingerprint density at radius 2 is 2.13 bits per heavy atom. The largest absolute Gasteiger partial charge is 0.287 e. The first-order chi connectivity index (χ1) is 7.29. The molecule has 0 aromatic heterocycles. The van der Waals surface area contributed by atoms with Crippen LogP contribution in [0.25, 0.3) is 0 Å². The molecule has 2 rings (SSSR count). The van der Waals surface area contributed by atoms with Gasteiger partial charge in [-0.05, 0) is 30.2 Å². The summed E-state index contributed by atoms with van der Waals surface area (Å²) in [6.07, 6.45) is 3.35. The van der Waals surface area contributed by atoms with Crippen molar-refractivity contribution in [3.63, 3.8) is 0 Å². The number of hydrogen-bond donors (Lipinski definition) is 0. The van der Waals surface area contributed by atoms with Gasteiger partial charge in [0.25, 0.3) is 0 Å². The molecule has 0 spiro atoms. The van der Waals surface area contributed by atoms with Crippen molar-refractivity contribution < 1.29 is 4.79 Å². The number of hydrogen-bond acceptors (Lipinski definition) is 4. The highest BCUT2D eigenvalue weighted by molar-refractivity contribution is 8.14. The smallest absolute Gasteiger partial charge is 0.194 e. The highest BCUT2D eigenvalue weighted by atomic mass is 32.2. The highest BCUT2D eigenvalue weighted by Gasteiger charge is 2.13. The third kappa shape index (κ3) is 2.63. The minimum absolute atomic E-state index is 0.226. The van der Waals surface area contributed by atoms with Gasteiger partial charge in [0.15, 0.2) is 5.12 Å². The summed E-state index contributed by atoms with van der Waals surface area (Å²) in [5, 5.41) is 1.26. The molecule has 1 aromatic carbocycles. The topological polar surface area (TPSA) is 29.4 Å². The van der Waals surface area contributed by atoms with Gasteiger partial charge in [0.05, 0.1) is 10.7 Å². The summed E-state index contributed by atoms with van der Waals surface area (Å²) in [5.74, 6) is 0. The van der Waals surface area contributed by atoms with Crippen LogP contribution in [0.1, 0.15) is 12.8 Å². The first-order valence-corrected chi connectivity index (χ1v) is 6.75. The number of carbonyl (C=O) groups is 1. The molecule has 1 aromatic rings. The van der Waals surface area contributed by atoms with Gasteiger partial charge >= 0.3 is 0 Å². The SMILES string of the molecule is CSC1=Nc2ccccc2SC(=O)CC1. The van der Waals surface area contributed by atoms with Crippen LogP contribution in [0.4, 0.5) is 5.69 Å². The molecule has 1 aliphatic rings. The van der Waals surface area contributed by atoms with Crippen LogP contribution >= 0.6 is 23.5 Å². The number of nitrogens with zero attached hydrogens (tertiary/aromatic N) is 1. The lowest BCUT2D eigenvalue weighted by molar-refractivity contribution is -0.110. The number of carbonyl (C=O) groups excluding carboxylic acids is 1. The van der Waals surface area contributed by atoms with Crippen molar-refractivity contribution >= 4 is 39.4 Å². The molecule has 1 heterocycles. The van der Waals surface area contributed by atoms with Crippen molar-refractivity contribution in [1.82, 2.24) is 0 Å². The van der Waals surface area contributed by atoms with Crippen LogP contribution in [0.15, 0.2) is 34.2 Å². The number of benzene rings is 1. The van der Waals surface area contributed by atoms with Crippen LogP contribution in [0, 0.1) is 0 Å². The number of para-hydroxylation sites is 1. The van der Waals surface area contributed by atoms with Crippen molar-refractivity contribution in [2.24, 2.45) is 4.99 Å². The minimum Gasteiger partial charge on any atom is -0.287 e. The molecule has 0 radical (unpaired) electrons. The number of rotatable bonds is 0. The summed E-state index contributed by atoms with van der Waals surface area (Å²) in [5.41, 5.74) is 0.917. The van der Waals surface area contributed by atoms with Crippen molar-refractivity contribution in [2.45, 2.75) is 17.7 Å². The predicted molar refractivity (Wildman–Crippen MR) is 67.2 cm³/mol. The second kappa shape index (κ2) is 4.86. The van der Waals surface area contributed by atoms with Crippen LogP contribution in [-0.2, 0) is 4.79 Å². The number of aliphatic imine (C=N–C) groups is 1. The molecule has 0 amide bonds. The van der Waals surface area contributed by atoms with E-state index >= 15 is 0 Å². The lowest BCUT2D eigenvalue weighted by Crippen LogP contribution is -2.00. The molecule has 0 saturated carbocycles. The monoisotopic (exact) mass is 237 g/mol. The van der Waals surface area contributed by atoms with Gasteiger partial charge in [0.2, 0.25) is 0 Å². The zero-order chi connectivity index (χ0) is 10.7. The Balaban J connectivity index is 2.44. The Kier molecular flexibility index (Phi) is 3.49. The summed E-state index contributed by atoms with van der Waals surface area (Å²) in [6, 6.07) is 7.80. The van der Waals surface area contributed by atoms with Gasteiger partial charge in [0.1, 0.15) is 0 Å². The third-order valence-electron chi connectivity index (χ3n) is 2.11. The molecule has 2 nitrogen and oxygen atoms in total. The van der Waals surface area contributed by atoms with E-state index in [4.69, 9.17) is 0 Å². The van der Waals surface area contributed by atoms with Crippen LogP contribution in [-0.4, -0.2) is 16.4 Å². The average Bonchev–Trinajstić information content (AvgIpc) is 2.23. The average molecular weight is 237 g/mol. The Hall–Kier alpha value is -0.740. The zero-order valence-corrected chi connectivity index (χ0v) is 10.0. The molecule has 1 aliphatic heterocycles. The summed E-state index contributed by atoms with van der Waals surface area (Å²) in [7, 11) is 0. The molecular formula is C11H11NOS2. The maximum Gasteiger partial charge on any atom is 0.194 e. The second-order valence-electron chi connectivity index (χ2n) is 3.15. The van der Waals surface area contributed by atoms with E-state index in [-0.39, 0.29) is 5.12 Å². The van der Waals surface area contributed by atoms with Crippen molar-refractivity contribution in [1.29, 1.82) is 0 Å². The van der Waals surface area contributed by atoms with Crippen molar-refractivity contribution in [3.8, 4) is 0 Å². The van der Waals surface area contributed by atoms with Crippen LogP contribution < -0.4 is 0 Å². The van der Waals surface area contributed by atoms with Crippen LogP contribution in [0.5, 0.6) is 0 Å². The van der Waals surface area contributed by atoms with E-state index in [2.05, 4.69) is 4.99 Å². The van der Waals surface area contributed by atoms with Gasteiger partial charge in [0, 0.05) is 17.7 Å². The summed E-state index contributed by atoms with van der Waals surface area (Å²) in [6.45, 7) is 0. The van der Waals surface area contributed by atoms with Gasteiger partial charge in [-0.2, -0.15) is 0 Å². The molecule has 0 N–H and O–H groups in total. The zero-order valence-electron chi connectivity index (χ0n) is 8.40. The molecule has 0 atom stereocenters. The van der Waals surface area contributed by atoms with E-state index in [0.717, 1.165) is 22.0 Å². The van der Waals surface area contributed by atoms with Crippen LogP contribution in [0.2, 0.25) is 0 Å². The summed E-state index contributed by atoms with van der Waals surface area (Å²) >= 11 is 2.93. The first kappa shape index (κ1) is 10.8. The highest BCUT2D eigenvalue weighted by Crippen LogP contribution is 2.34. The second-order valence-corrected chi connectivity index (χ2v) is 5.13. The molecule has 0 fully saturated rings. The molecule has 0 saturated heterocycles. The molecule has 4 heteroatoms. The standard InChI is InChI=1S/C11H11NOS2/c1-14-10-6-7-11(13)15-9-5-3-2-4-8(9)12-10/h2-5H,6-7H2,1H3. The van der Waals surface area contributed by atoms with Gasteiger partial charge in [-0.25, -0.2) is 4.99 Å². The molecule has 0 aliphatic carbocycles. The van der Waals surface area contributed by atoms with E-state index in [1.165, 1.54) is 11.8 Å². The fourth-order valence-corrected chi connectivity index (χ4v) is 2.67. The number of thioether (sulfide) groups is 2. The van der Waals surface area contributed by atoms with Crippen molar-refractivity contribution in [3.05, 3.63) is 24.3 Å².